The third kappa shape index (κ3) is 3.71. The molecule has 0 saturated carbocycles. The number of halogens is 1. The molecule has 15 heavy (non-hydrogen) atoms. The van der Waals surface area contributed by atoms with Crippen molar-refractivity contribution in [3.05, 3.63) is 22.8 Å². The normalized spacial score (nSPS) is 9.93. The van der Waals surface area contributed by atoms with E-state index in [-0.39, 0.29) is 0 Å². The summed E-state index contributed by atoms with van der Waals surface area (Å²) in [5, 5.41) is 9.92. The van der Waals surface area contributed by atoms with Gasteiger partial charge in [0.2, 0.25) is 0 Å². The van der Waals surface area contributed by atoms with Gasteiger partial charge in [0.1, 0.15) is 11.1 Å². The van der Waals surface area contributed by atoms with Crippen LogP contribution in [0.4, 0.5) is 0 Å². The molecule has 0 aliphatic rings. The van der Waals surface area contributed by atoms with Crippen LogP contribution in [-0.4, -0.2) is 24.5 Å². The molecule has 0 unspecified atom stereocenters. The first-order valence-corrected chi connectivity index (χ1v) is 5.82. The van der Waals surface area contributed by atoms with E-state index >= 15 is 0 Å². The van der Waals surface area contributed by atoms with Crippen LogP contribution in [0.1, 0.15) is 12.0 Å². The van der Waals surface area contributed by atoms with Crippen LogP contribution in [0.5, 0.6) is 0 Å². The molecule has 0 atom stereocenters. The summed E-state index contributed by atoms with van der Waals surface area (Å²) in [4.78, 5) is 4.12. The summed E-state index contributed by atoms with van der Waals surface area (Å²) in [6.07, 6.45) is 2.54. The highest BCUT2D eigenvalue weighted by molar-refractivity contribution is 7.99. The van der Waals surface area contributed by atoms with E-state index in [9.17, 15) is 0 Å². The van der Waals surface area contributed by atoms with Crippen molar-refractivity contribution < 1.29 is 4.74 Å². The summed E-state index contributed by atoms with van der Waals surface area (Å²) >= 11 is 7.53. The SMILES string of the molecule is COCCCSc1nccc(C#N)c1Cl. The minimum Gasteiger partial charge on any atom is -0.385 e. The minimum absolute atomic E-state index is 0.447. The van der Waals surface area contributed by atoms with Gasteiger partial charge in [-0.1, -0.05) is 11.6 Å². The number of hydrogen-bond donors (Lipinski definition) is 0. The molecule has 0 aliphatic carbocycles. The molecule has 0 saturated heterocycles. The summed E-state index contributed by atoms with van der Waals surface area (Å²) in [7, 11) is 1.67. The van der Waals surface area contributed by atoms with Crippen molar-refractivity contribution >= 4 is 23.4 Å². The van der Waals surface area contributed by atoms with Crippen molar-refractivity contribution in [1.29, 1.82) is 5.26 Å². The average Bonchev–Trinajstić information content (AvgIpc) is 2.26. The zero-order valence-electron chi connectivity index (χ0n) is 8.36. The fourth-order valence-electron chi connectivity index (χ4n) is 0.984. The number of hydrogen-bond acceptors (Lipinski definition) is 4. The number of rotatable bonds is 5. The van der Waals surface area contributed by atoms with E-state index < -0.39 is 0 Å². The zero-order valence-corrected chi connectivity index (χ0v) is 9.94. The Balaban J connectivity index is 2.58. The van der Waals surface area contributed by atoms with E-state index in [1.54, 1.807) is 31.1 Å². The monoisotopic (exact) mass is 242 g/mol. The smallest absolute Gasteiger partial charge is 0.116 e. The summed E-state index contributed by atoms with van der Waals surface area (Å²) in [5.74, 6) is 0.884. The third-order valence-corrected chi connectivity index (χ3v) is 3.28. The topological polar surface area (TPSA) is 45.9 Å². The predicted octanol–water partition coefficient (Wildman–Crippen LogP) is 2.74. The fourth-order valence-corrected chi connectivity index (χ4v) is 2.13. The largest absolute Gasteiger partial charge is 0.385 e. The molecule has 80 valence electrons. The number of nitrogens with zero attached hydrogens (tertiary/aromatic N) is 2. The Kier molecular flexibility index (Phi) is 5.48. The van der Waals surface area contributed by atoms with Crippen LogP contribution < -0.4 is 0 Å². The molecule has 3 nitrogen and oxygen atoms in total. The first kappa shape index (κ1) is 12.3. The van der Waals surface area contributed by atoms with E-state index in [1.165, 1.54) is 0 Å². The second-order valence-corrected chi connectivity index (χ2v) is 4.25. The number of nitriles is 1. The second-order valence-electron chi connectivity index (χ2n) is 2.78. The van der Waals surface area contributed by atoms with Crippen molar-refractivity contribution in [2.75, 3.05) is 19.5 Å². The molecular weight excluding hydrogens is 232 g/mol. The highest BCUT2D eigenvalue weighted by Gasteiger charge is 2.06. The summed E-state index contributed by atoms with van der Waals surface area (Å²) < 4.78 is 4.94. The van der Waals surface area contributed by atoms with Crippen LogP contribution in [0.25, 0.3) is 0 Å². The lowest BCUT2D eigenvalue weighted by Crippen LogP contribution is -1.92. The van der Waals surface area contributed by atoms with Crippen LogP contribution in [0.15, 0.2) is 17.3 Å². The summed E-state index contributed by atoms with van der Waals surface area (Å²) in [6, 6.07) is 3.64. The molecule has 1 aromatic rings. The highest BCUT2D eigenvalue weighted by atomic mass is 35.5. The molecule has 5 heteroatoms. The van der Waals surface area contributed by atoms with Crippen LogP contribution >= 0.6 is 23.4 Å². The Labute approximate surface area is 98.4 Å². The Morgan fingerprint density at radius 2 is 2.47 bits per heavy atom. The Bertz CT molecular complexity index is 365. The van der Waals surface area contributed by atoms with E-state index in [4.69, 9.17) is 21.6 Å². The van der Waals surface area contributed by atoms with Gasteiger partial charge >= 0.3 is 0 Å². The van der Waals surface area contributed by atoms with E-state index in [0.717, 1.165) is 18.8 Å². The lowest BCUT2D eigenvalue weighted by Gasteiger charge is -2.03. The van der Waals surface area contributed by atoms with Gasteiger partial charge in [-0.15, -0.1) is 11.8 Å². The molecule has 0 amide bonds. The molecule has 0 N–H and O–H groups in total. The molecule has 1 aromatic heterocycles. The number of thioether (sulfide) groups is 1. The third-order valence-electron chi connectivity index (χ3n) is 1.71. The van der Waals surface area contributed by atoms with Crippen LogP contribution in [0.2, 0.25) is 5.02 Å². The van der Waals surface area contributed by atoms with Crippen molar-refractivity contribution in [2.24, 2.45) is 0 Å². The van der Waals surface area contributed by atoms with Crippen molar-refractivity contribution in [3.8, 4) is 6.07 Å². The van der Waals surface area contributed by atoms with Gasteiger partial charge in [0.15, 0.2) is 0 Å². The number of ether oxygens (including phenoxy) is 1. The minimum atomic E-state index is 0.447. The van der Waals surface area contributed by atoms with Gasteiger partial charge in [-0.25, -0.2) is 4.98 Å². The van der Waals surface area contributed by atoms with Gasteiger partial charge in [0, 0.05) is 25.7 Å². The van der Waals surface area contributed by atoms with Gasteiger partial charge in [-0.2, -0.15) is 5.26 Å². The van der Waals surface area contributed by atoms with Gasteiger partial charge in [-0.3, -0.25) is 0 Å². The highest BCUT2D eigenvalue weighted by Crippen LogP contribution is 2.27. The Morgan fingerprint density at radius 3 is 3.13 bits per heavy atom. The van der Waals surface area contributed by atoms with E-state index in [2.05, 4.69) is 4.98 Å². The molecule has 0 spiro atoms. The molecule has 1 heterocycles. The van der Waals surface area contributed by atoms with E-state index in [1.807, 2.05) is 6.07 Å². The van der Waals surface area contributed by atoms with Crippen LogP contribution in [0, 0.1) is 11.3 Å². The van der Waals surface area contributed by atoms with Gasteiger partial charge in [-0.05, 0) is 12.5 Å². The maximum Gasteiger partial charge on any atom is 0.116 e. The quantitative estimate of drug-likeness (QED) is 0.588. The molecule has 0 aliphatic heterocycles. The van der Waals surface area contributed by atoms with Crippen molar-refractivity contribution in [2.45, 2.75) is 11.4 Å². The first-order chi connectivity index (χ1) is 7.29. The molecule has 0 fully saturated rings. The first-order valence-electron chi connectivity index (χ1n) is 4.46. The average molecular weight is 243 g/mol. The van der Waals surface area contributed by atoms with Crippen LogP contribution in [-0.2, 0) is 4.74 Å². The maximum atomic E-state index is 8.76. The van der Waals surface area contributed by atoms with Gasteiger partial charge < -0.3 is 4.74 Å². The van der Waals surface area contributed by atoms with E-state index in [0.29, 0.717) is 15.6 Å². The number of aromatic nitrogens is 1. The second kappa shape index (κ2) is 6.67. The molecule has 1 rings (SSSR count). The van der Waals surface area contributed by atoms with Gasteiger partial charge in [0.25, 0.3) is 0 Å². The lowest BCUT2D eigenvalue weighted by molar-refractivity contribution is 0.200. The van der Waals surface area contributed by atoms with Crippen LogP contribution in [0.3, 0.4) is 0 Å². The maximum absolute atomic E-state index is 8.76. The summed E-state index contributed by atoms with van der Waals surface area (Å²) in [6.45, 7) is 0.725. The summed E-state index contributed by atoms with van der Waals surface area (Å²) in [5.41, 5.74) is 0.473. The Hall–Kier alpha value is -0.760. The fraction of sp³-hybridized carbons (Fsp3) is 0.400. The number of methoxy groups -OCH3 is 1. The zero-order chi connectivity index (χ0) is 11.1. The standard InChI is InChI=1S/C10H11ClN2OS/c1-14-5-2-6-15-10-9(11)8(7-12)3-4-13-10/h3-4H,2,5-6H2,1H3. The molecular formula is C10H11ClN2OS. The Morgan fingerprint density at radius 1 is 1.67 bits per heavy atom. The van der Waals surface area contributed by atoms with Gasteiger partial charge in [0.05, 0.1) is 10.6 Å². The molecule has 0 aromatic carbocycles. The lowest BCUT2D eigenvalue weighted by atomic mass is 10.3. The number of pyridine rings is 1. The molecule has 0 radical (unpaired) electrons. The molecule has 0 bridgehead atoms. The predicted molar refractivity (Wildman–Crippen MR) is 61.2 cm³/mol. The van der Waals surface area contributed by atoms with Crippen molar-refractivity contribution in [3.63, 3.8) is 0 Å². The van der Waals surface area contributed by atoms with Crippen molar-refractivity contribution in [1.82, 2.24) is 4.98 Å².